The highest BCUT2D eigenvalue weighted by molar-refractivity contribution is 7.89. The van der Waals surface area contributed by atoms with Gasteiger partial charge in [0.15, 0.2) is 16.6 Å². The zero-order valence-corrected chi connectivity index (χ0v) is 20.2. The number of halogens is 1. The molecular weight excluding hydrogens is 474 g/mol. The van der Waals surface area contributed by atoms with Gasteiger partial charge in [-0.25, -0.2) is 18.1 Å². The van der Waals surface area contributed by atoms with Crippen molar-refractivity contribution in [2.24, 2.45) is 0 Å². The summed E-state index contributed by atoms with van der Waals surface area (Å²) in [4.78, 5) is 17.2. The standard InChI is InChI=1S/C21H22ClN3O5S2/c1-12(2)25-32(27,28)14-6-7-16(22)15(10-14)20(26)24-21-23-17(11-31-21)13-5-8-18(29-3)19(9-13)30-4/h5-12,25H,1-4H3,(H,23,24,26). The summed E-state index contributed by atoms with van der Waals surface area (Å²) in [7, 11) is -0.675. The molecule has 0 atom stereocenters. The molecule has 8 nitrogen and oxygen atoms in total. The van der Waals surface area contributed by atoms with Crippen molar-refractivity contribution in [3.8, 4) is 22.8 Å². The largest absolute Gasteiger partial charge is 0.493 e. The van der Waals surface area contributed by atoms with Gasteiger partial charge in [-0.05, 0) is 50.2 Å². The molecule has 3 aromatic rings. The Balaban J connectivity index is 1.83. The molecule has 0 aliphatic carbocycles. The lowest BCUT2D eigenvalue weighted by Gasteiger charge is -2.11. The molecule has 0 saturated heterocycles. The molecule has 170 valence electrons. The lowest BCUT2D eigenvalue weighted by molar-refractivity contribution is 0.102. The van der Waals surface area contributed by atoms with E-state index in [2.05, 4.69) is 15.0 Å². The summed E-state index contributed by atoms with van der Waals surface area (Å²) in [6.07, 6.45) is 0. The van der Waals surface area contributed by atoms with Crippen molar-refractivity contribution >= 4 is 44.0 Å². The molecule has 3 rings (SSSR count). The fraction of sp³-hybridized carbons (Fsp3) is 0.238. The van der Waals surface area contributed by atoms with Crippen molar-refractivity contribution in [1.29, 1.82) is 0 Å². The Bertz CT molecular complexity index is 1240. The number of carbonyl (C=O) groups is 1. The SMILES string of the molecule is COc1ccc(-c2csc(NC(=O)c3cc(S(=O)(=O)NC(C)C)ccc3Cl)n2)cc1OC. The number of ether oxygens (including phenoxy) is 2. The Kier molecular flexibility index (Phi) is 7.40. The minimum absolute atomic E-state index is 0.0289. The van der Waals surface area contributed by atoms with Gasteiger partial charge in [0.05, 0.1) is 35.4 Å². The van der Waals surface area contributed by atoms with Gasteiger partial charge in [-0.1, -0.05) is 11.6 Å². The molecule has 0 radical (unpaired) electrons. The van der Waals surface area contributed by atoms with Crippen LogP contribution in [0.15, 0.2) is 46.7 Å². The number of thiazole rings is 1. The predicted molar refractivity (Wildman–Crippen MR) is 126 cm³/mol. The maximum absolute atomic E-state index is 12.8. The van der Waals surface area contributed by atoms with E-state index in [0.29, 0.717) is 22.3 Å². The number of nitrogens with one attached hydrogen (secondary N) is 2. The van der Waals surface area contributed by atoms with E-state index in [-0.39, 0.29) is 21.5 Å². The minimum atomic E-state index is -3.77. The van der Waals surface area contributed by atoms with Crippen molar-refractivity contribution in [1.82, 2.24) is 9.71 Å². The molecule has 0 aliphatic rings. The van der Waals surface area contributed by atoms with Gasteiger partial charge in [0, 0.05) is 17.0 Å². The zero-order chi connectivity index (χ0) is 23.5. The number of anilines is 1. The summed E-state index contributed by atoms with van der Waals surface area (Å²) < 4.78 is 37.9. The Morgan fingerprint density at radius 2 is 1.81 bits per heavy atom. The number of amides is 1. The number of aromatic nitrogens is 1. The van der Waals surface area contributed by atoms with Crippen LogP contribution in [0.1, 0.15) is 24.2 Å². The maximum Gasteiger partial charge on any atom is 0.259 e. The van der Waals surface area contributed by atoms with E-state index < -0.39 is 15.9 Å². The maximum atomic E-state index is 12.8. The van der Waals surface area contributed by atoms with Gasteiger partial charge in [0.1, 0.15) is 0 Å². The van der Waals surface area contributed by atoms with E-state index in [4.69, 9.17) is 21.1 Å². The van der Waals surface area contributed by atoms with E-state index in [1.807, 2.05) is 6.07 Å². The second kappa shape index (κ2) is 9.86. The number of hydrogen-bond donors (Lipinski definition) is 2. The van der Waals surface area contributed by atoms with Crippen LogP contribution >= 0.6 is 22.9 Å². The molecule has 1 aromatic heterocycles. The van der Waals surface area contributed by atoms with Crippen LogP contribution in [0.3, 0.4) is 0 Å². The van der Waals surface area contributed by atoms with Gasteiger partial charge in [0.2, 0.25) is 10.0 Å². The van der Waals surface area contributed by atoms with Gasteiger partial charge < -0.3 is 9.47 Å². The molecule has 0 aliphatic heterocycles. The summed E-state index contributed by atoms with van der Waals surface area (Å²) in [5, 5.41) is 4.92. The number of sulfonamides is 1. The van der Waals surface area contributed by atoms with Crippen LogP contribution in [0.2, 0.25) is 5.02 Å². The average molecular weight is 496 g/mol. The molecule has 0 spiro atoms. The summed E-state index contributed by atoms with van der Waals surface area (Å²) in [6.45, 7) is 3.42. The van der Waals surface area contributed by atoms with E-state index in [0.717, 1.165) is 5.56 Å². The van der Waals surface area contributed by atoms with E-state index in [9.17, 15) is 13.2 Å². The predicted octanol–water partition coefficient (Wildman–Crippen LogP) is 4.42. The lowest BCUT2D eigenvalue weighted by Crippen LogP contribution is -2.30. The van der Waals surface area contributed by atoms with Gasteiger partial charge in [0.25, 0.3) is 5.91 Å². The Morgan fingerprint density at radius 3 is 2.47 bits per heavy atom. The minimum Gasteiger partial charge on any atom is -0.493 e. The molecule has 2 N–H and O–H groups in total. The topological polar surface area (TPSA) is 107 Å². The highest BCUT2D eigenvalue weighted by Gasteiger charge is 2.20. The van der Waals surface area contributed by atoms with E-state index >= 15 is 0 Å². The first-order valence-corrected chi connectivity index (χ1v) is 12.2. The van der Waals surface area contributed by atoms with Gasteiger partial charge >= 0.3 is 0 Å². The average Bonchev–Trinajstić information content (AvgIpc) is 3.20. The number of benzene rings is 2. The molecule has 0 fully saturated rings. The van der Waals surface area contributed by atoms with E-state index in [1.165, 1.54) is 29.5 Å². The van der Waals surface area contributed by atoms with E-state index in [1.54, 1.807) is 45.6 Å². The second-order valence-electron chi connectivity index (χ2n) is 6.98. The normalized spacial score (nSPS) is 11.4. The monoisotopic (exact) mass is 495 g/mol. The van der Waals surface area contributed by atoms with Crippen LogP contribution in [-0.2, 0) is 10.0 Å². The van der Waals surface area contributed by atoms with Crippen LogP contribution < -0.4 is 19.5 Å². The van der Waals surface area contributed by atoms with Crippen molar-refractivity contribution in [3.63, 3.8) is 0 Å². The summed E-state index contributed by atoms with van der Waals surface area (Å²) >= 11 is 7.38. The smallest absolute Gasteiger partial charge is 0.259 e. The van der Waals surface area contributed by atoms with Gasteiger partial charge in [-0.2, -0.15) is 0 Å². The molecule has 0 bridgehead atoms. The molecular formula is C21H22ClN3O5S2. The molecule has 32 heavy (non-hydrogen) atoms. The fourth-order valence-corrected chi connectivity index (χ4v) is 5.04. The first-order valence-electron chi connectivity index (χ1n) is 9.45. The van der Waals surface area contributed by atoms with Crippen LogP contribution in [-0.4, -0.2) is 39.6 Å². The molecule has 11 heteroatoms. The van der Waals surface area contributed by atoms with Crippen LogP contribution in [0.4, 0.5) is 5.13 Å². The number of methoxy groups -OCH3 is 2. The summed E-state index contributed by atoms with van der Waals surface area (Å²) in [6, 6.07) is 9.05. The first kappa shape index (κ1) is 24.0. The third kappa shape index (κ3) is 5.39. The van der Waals surface area contributed by atoms with Crippen LogP contribution in [0.5, 0.6) is 11.5 Å². The molecule has 2 aromatic carbocycles. The Morgan fingerprint density at radius 1 is 1.09 bits per heavy atom. The molecule has 1 heterocycles. The van der Waals surface area contributed by atoms with Crippen molar-refractivity contribution in [2.45, 2.75) is 24.8 Å². The molecule has 0 unspecified atom stereocenters. The Hall–Kier alpha value is -2.66. The third-order valence-corrected chi connectivity index (χ3v) is 7.03. The zero-order valence-electron chi connectivity index (χ0n) is 17.8. The second-order valence-corrected chi connectivity index (χ2v) is 9.96. The highest BCUT2D eigenvalue weighted by atomic mass is 35.5. The van der Waals surface area contributed by atoms with Crippen molar-refractivity contribution < 1.29 is 22.7 Å². The molecule has 0 saturated carbocycles. The number of rotatable bonds is 8. The van der Waals surface area contributed by atoms with Crippen LogP contribution in [0, 0.1) is 0 Å². The summed E-state index contributed by atoms with van der Waals surface area (Å²) in [5.74, 6) is 0.588. The lowest BCUT2D eigenvalue weighted by atomic mass is 10.1. The van der Waals surface area contributed by atoms with Gasteiger partial charge in [-0.3, -0.25) is 10.1 Å². The summed E-state index contributed by atoms with van der Waals surface area (Å²) in [5.41, 5.74) is 1.45. The number of carbonyl (C=O) groups excluding carboxylic acids is 1. The Labute approximate surface area is 195 Å². The van der Waals surface area contributed by atoms with Crippen LogP contribution in [0.25, 0.3) is 11.3 Å². The molecule has 1 amide bonds. The van der Waals surface area contributed by atoms with Crippen molar-refractivity contribution in [2.75, 3.05) is 19.5 Å². The fourth-order valence-electron chi connectivity index (χ4n) is 2.85. The number of hydrogen-bond acceptors (Lipinski definition) is 7. The first-order chi connectivity index (χ1) is 15.1. The highest BCUT2D eigenvalue weighted by Crippen LogP contribution is 2.33. The van der Waals surface area contributed by atoms with Crippen molar-refractivity contribution in [3.05, 3.63) is 52.4 Å². The number of nitrogens with zero attached hydrogens (tertiary/aromatic N) is 1. The van der Waals surface area contributed by atoms with Gasteiger partial charge in [-0.15, -0.1) is 11.3 Å². The quantitative estimate of drug-likeness (QED) is 0.479. The third-order valence-electron chi connectivity index (χ3n) is 4.29.